The molecule has 0 aliphatic heterocycles. The van der Waals surface area contributed by atoms with Gasteiger partial charge in [-0.15, -0.1) is 11.3 Å². The van der Waals surface area contributed by atoms with Gasteiger partial charge in [0.15, 0.2) is 0 Å². The van der Waals surface area contributed by atoms with E-state index >= 15 is 0 Å². The lowest BCUT2D eigenvalue weighted by atomic mass is 9.89. The van der Waals surface area contributed by atoms with Crippen LogP contribution in [0.25, 0.3) is 0 Å². The third-order valence-corrected chi connectivity index (χ3v) is 5.29. The van der Waals surface area contributed by atoms with Crippen LogP contribution in [0, 0.1) is 19.3 Å². The maximum Gasteiger partial charge on any atom is 0.241 e. The minimum atomic E-state index is -3.52. The molecule has 110 valence electrons. The van der Waals surface area contributed by atoms with Gasteiger partial charge in [0.2, 0.25) is 10.0 Å². The van der Waals surface area contributed by atoms with Crippen molar-refractivity contribution in [1.29, 1.82) is 0 Å². The van der Waals surface area contributed by atoms with E-state index in [1.165, 1.54) is 11.3 Å². The largest absolute Gasteiger partial charge is 0.392 e. The number of rotatable bonds is 5. The van der Waals surface area contributed by atoms with Crippen LogP contribution in [0.4, 0.5) is 0 Å². The molecular formula is C13H23NO3S2. The highest BCUT2D eigenvalue weighted by Crippen LogP contribution is 2.25. The van der Waals surface area contributed by atoms with E-state index in [-0.39, 0.29) is 12.0 Å². The molecular weight excluding hydrogens is 282 g/mol. The molecule has 19 heavy (non-hydrogen) atoms. The summed E-state index contributed by atoms with van der Waals surface area (Å²) in [6, 6.07) is 1.67. The molecule has 1 rings (SSSR count). The first-order chi connectivity index (χ1) is 8.51. The van der Waals surface area contributed by atoms with Crippen LogP contribution in [-0.4, -0.2) is 26.2 Å². The number of nitrogens with one attached hydrogen (secondary N) is 1. The topological polar surface area (TPSA) is 66.4 Å². The second-order valence-electron chi connectivity index (χ2n) is 6.05. The average Bonchev–Trinajstić information content (AvgIpc) is 2.53. The lowest BCUT2D eigenvalue weighted by Crippen LogP contribution is -2.34. The molecule has 0 aliphatic rings. The molecule has 0 amide bonds. The maximum atomic E-state index is 12.1. The molecule has 6 heteroatoms. The van der Waals surface area contributed by atoms with Crippen molar-refractivity contribution in [3.63, 3.8) is 0 Å². The summed E-state index contributed by atoms with van der Waals surface area (Å²) in [6.07, 6.45) is -0.119. The summed E-state index contributed by atoms with van der Waals surface area (Å²) < 4.78 is 26.7. The normalized spacial score (nSPS) is 14.6. The molecule has 0 aliphatic carbocycles. The molecule has 0 spiro atoms. The summed E-state index contributed by atoms with van der Waals surface area (Å²) >= 11 is 1.46. The molecule has 1 unspecified atom stereocenters. The van der Waals surface area contributed by atoms with E-state index in [9.17, 15) is 13.5 Å². The SMILES string of the molecule is Cc1cc(S(=O)(=O)NCC(O)CC(C)(C)C)c(C)s1. The summed E-state index contributed by atoms with van der Waals surface area (Å²) in [5.41, 5.74) is -0.0280. The fourth-order valence-electron chi connectivity index (χ4n) is 1.94. The van der Waals surface area contributed by atoms with Gasteiger partial charge in [0.25, 0.3) is 0 Å². The van der Waals surface area contributed by atoms with Crippen LogP contribution in [0.3, 0.4) is 0 Å². The molecule has 0 fully saturated rings. The fourth-order valence-corrected chi connectivity index (χ4v) is 4.56. The second kappa shape index (κ2) is 5.91. The number of hydrogen-bond acceptors (Lipinski definition) is 4. The zero-order chi connectivity index (χ0) is 14.8. The van der Waals surface area contributed by atoms with Crippen LogP contribution >= 0.6 is 11.3 Å². The zero-order valence-corrected chi connectivity index (χ0v) is 13.8. The monoisotopic (exact) mass is 305 g/mol. The van der Waals surface area contributed by atoms with Crippen molar-refractivity contribution in [3.8, 4) is 0 Å². The van der Waals surface area contributed by atoms with Crippen molar-refractivity contribution in [2.75, 3.05) is 6.54 Å². The first-order valence-corrected chi connectivity index (χ1v) is 8.56. The van der Waals surface area contributed by atoms with Gasteiger partial charge in [0, 0.05) is 16.3 Å². The van der Waals surface area contributed by atoms with Gasteiger partial charge in [-0.2, -0.15) is 0 Å². The van der Waals surface area contributed by atoms with Crippen molar-refractivity contribution in [1.82, 2.24) is 4.72 Å². The Bertz CT molecular complexity index is 527. The van der Waals surface area contributed by atoms with Crippen molar-refractivity contribution in [3.05, 3.63) is 15.8 Å². The van der Waals surface area contributed by atoms with Crippen LogP contribution in [0.2, 0.25) is 0 Å². The molecule has 1 heterocycles. The fraction of sp³-hybridized carbons (Fsp3) is 0.692. The number of thiophene rings is 1. The third-order valence-electron chi connectivity index (χ3n) is 2.64. The van der Waals surface area contributed by atoms with Crippen molar-refractivity contribution >= 4 is 21.4 Å². The van der Waals surface area contributed by atoms with E-state index in [4.69, 9.17) is 0 Å². The molecule has 4 nitrogen and oxygen atoms in total. The Balaban J connectivity index is 2.69. The standard InChI is InChI=1S/C13H23NO3S2/c1-9-6-12(10(2)18-9)19(16,17)14-8-11(15)7-13(3,4)5/h6,11,14-15H,7-8H2,1-5H3. The van der Waals surface area contributed by atoms with Gasteiger partial charge in [-0.1, -0.05) is 20.8 Å². The number of aliphatic hydroxyl groups is 1. The van der Waals surface area contributed by atoms with E-state index in [2.05, 4.69) is 4.72 Å². The smallest absolute Gasteiger partial charge is 0.241 e. The van der Waals surface area contributed by atoms with Crippen molar-refractivity contribution in [2.24, 2.45) is 5.41 Å². The van der Waals surface area contributed by atoms with Crippen LogP contribution in [-0.2, 0) is 10.0 Å². The van der Waals surface area contributed by atoms with Gasteiger partial charge < -0.3 is 5.11 Å². The molecule has 0 aromatic carbocycles. The number of aliphatic hydroxyl groups excluding tert-OH is 1. The first-order valence-electron chi connectivity index (χ1n) is 6.26. The maximum absolute atomic E-state index is 12.1. The summed E-state index contributed by atoms with van der Waals surface area (Å²) in [4.78, 5) is 2.06. The lowest BCUT2D eigenvalue weighted by molar-refractivity contribution is 0.125. The summed E-state index contributed by atoms with van der Waals surface area (Å²) in [5, 5.41) is 9.85. The number of aryl methyl sites for hydroxylation is 2. The van der Waals surface area contributed by atoms with E-state index < -0.39 is 16.1 Å². The van der Waals surface area contributed by atoms with Crippen molar-refractivity contribution in [2.45, 2.75) is 52.0 Å². The van der Waals surface area contributed by atoms with Gasteiger partial charge in [-0.05, 0) is 31.7 Å². The summed E-state index contributed by atoms with van der Waals surface area (Å²) in [6.45, 7) is 9.75. The predicted molar refractivity (Wildman–Crippen MR) is 79.1 cm³/mol. The Labute approximate surface area is 119 Å². The molecule has 2 N–H and O–H groups in total. The van der Waals surface area contributed by atoms with Gasteiger partial charge >= 0.3 is 0 Å². The summed E-state index contributed by atoms with van der Waals surface area (Å²) in [5.74, 6) is 0. The molecule has 1 atom stereocenters. The molecule has 1 aromatic heterocycles. The highest BCUT2D eigenvalue weighted by atomic mass is 32.2. The lowest BCUT2D eigenvalue weighted by Gasteiger charge is -2.22. The minimum Gasteiger partial charge on any atom is -0.392 e. The Kier molecular flexibility index (Phi) is 5.17. The highest BCUT2D eigenvalue weighted by molar-refractivity contribution is 7.89. The second-order valence-corrected chi connectivity index (χ2v) is 9.24. The molecule has 0 radical (unpaired) electrons. The van der Waals surface area contributed by atoms with Crippen LogP contribution < -0.4 is 4.72 Å². The van der Waals surface area contributed by atoms with Gasteiger partial charge in [0.05, 0.1) is 11.0 Å². The van der Waals surface area contributed by atoms with E-state index in [0.717, 1.165) is 9.75 Å². The van der Waals surface area contributed by atoms with Crippen LogP contribution in [0.5, 0.6) is 0 Å². The van der Waals surface area contributed by atoms with Gasteiger partial charge in [-0.25, -0.2) is 13.1 Å². The Morgan fingerprint density at radius 2 is 1.95 bits per heavy atom. The number of sulfonamides is 1. The molecule has 1 aromatic rings. The van der Waals surface area contributed by atoms with Gasteiger partial charge in [0.1, 0.15) is 0 Å². The molecule has 0 bridgehead atoms. The Hall–Kier alpha value is -0.430. The van der Waals surface area contributed by atoms with Crippen LogP contribution in [0.1, 0.15) is 36.9 Å². The van der Waals surface area contributed by atoms with Crippen molar-refractivity contribution < 1.29 is 13.5 Å². The minimum absolute atomic E-state index is 0.0280. The summed E-state index contributed by atoms with van der Waals surface area (Å²) in [7, 11) is -3.52. The molecule has 0 saturated heterocycles. The zero-order valence-electron chi connectivity index (χ0n) is 12.1. The van der Waals surface area contributed by atoms with E-state index in [1.807, 2.05) is 27.7 Å². The van der Waals surface area contributed by atoms with E-state index in [0.29, 0.717) is 11.3 Å². The highest BCUT2D eigenvalue weighted by Gasteiger charge is 2.22. The van der Waals surface area contributed by atoms with Crippen LogP contribution in [0.15, 0.2) is 11.0 Å². The number of hydrogen-bond donors (Lipinski definition) is 2. The average molecular weight is 305 g/mol. The quantitative estimate of drug-likeness (QED) is 0.878. The predicted octanol–water partition coefficient (Wildman–Crippen LogP) is 2.44. The van der Waals surface area contributed by atoms with E-state index in [1.54, 1.807) is 13.0 Å². The molecule has 0 saturated carbocycles. The Morgan fingerprint density at radius 1 is 1.37 bits per heavy atom. The third kappa shape index (κ3) is 5.22. The first kappa shape index (κ1) is 16.6. The van der Waals surface area contributed by atoms with Gasteiger partial charge in [-0.3, -0.25) is 0 Å². The Morgan fingerprint density at radius 3 is 2.37 bits per heavy atom.